The fourth-order valence-electron chi connectivity index (χ4n) is 1.93. The molecule has 16 heavy (non-hydrogen) atoms. The summed E-state index contributed by atoms with van der Waals surface area (Å²) >= 11 is 0. The molecule has 1 fully saturated rings. The Bertz CT molecular complexity index is 268. The molecule has 1 heterocycles. The summed E-state index contributed by atoms with van der Waals surface area (Å²) in [5.41, 5.74) is 0. The maximum atomic E-state index is 11.7. The van der Waals surface area contributed by atoms with Crippen LogP contribution < -0.4 is 5.32 Å². The van der Waals surface area contributed by atoms with E-state index in [9.17, 15) is 9.59 Å². The van der Waals surface area contributed by atoms with Gasteiger partial charge in [-0.25, -0.2) is 9.59 Å². The van der Waals surface area contributed by atoms with Gasteiger partial charge in [-0.05, 0) is 18.8 Å². The van der Waals surface area contributed by atoms with Crippen LogP contribution in [-0.4, -0.2) is 41.1 Å². The lowest BCUT2D eigenvalue weighted by Crippen LogP contribution is -2.46. The number of carbonyl (C=O) groups excluding carboxylic acids is 1. The molecule has 0 spiro atoms. The van der Waals surface area contributed by atoms with Crippen LogP contribution in [0.2, 0.25) is 0 Å². The molecule has 0 saturated carbocycles. The zero-order valence-corrected chi connectivity index (χ0v) is 9.90. The molecule has 2 unspecified atom stereocenters. The minimum atomic E-state index is -0.970. The predicted octanol–water partition coefficient (Wildman–Crippen LogP) is 1.29. The van der Waals surface area contributed by atoms with Crippen molar-refractivity contribution in [1.29, 1.82) is 0 Å². The Hall–Kier alpha value is -1.26. The SMILES string of the molecule is CCC1CCN(C(=O)NC(CC)C(=O)O)C1. The average molecular weight is 228 g/mol. The number of carbonyl (C=O) groups is 2. The van der Waals surface area contributed by atoms with Crippen LogP contribution in [0.4, 0.5) is 4.79 Å². The van der Waals surface area contributed by atoms with E-state index in [2.05, 4.69) is 12.2 Å². The van der Waals surface area contributed by atoms with Crippen LogP contribution in [0.15, 0.2) is 0 Å². The summed E-state index contributed by atoms with van der Waals surface area (Å²) in [6, 6.07) is -1.02. The zero-order chi connectivity index (χ0) is 12.1. The summed E-state index contributed by atoms with van der Waals surface area (Å²) in [6.45, 7) is 5.34. The molecular weight excluding hydrogens is 208 g/mol. The number of carboxylic acids is 1. The van der Waals surface area contributed by atoms with Gasteiger partial charge in [0.05, 0.1) is 0 Å². The number of likely N-dealkylation sites (tertiary alicyclic amines) is 1. The van der Waals surface area contributed by atoms with Gasteiger partial charge in [0, 0.05) is 13.1 Å². The van der Waals surface area contributed by atoms with Gasteiger partial charge in [-0.3, -0.25) is 0 Å². The van der Waals surface area contributed by atoms with Crippen LogP contribution in [0.5, 0.6) is 0 Å². The molecule has 2 atom stereocenters. The van der Waals surface area contributed by atoms with E-state index >= 15 is 0 Å². The highest BCUT2D eigenvalue weighted by molar-refractivity contribution is 5.82. The minimum Gasteiger partial charge on any atom is -0.480 e. The number of aliphatic carboxylic acids is 1. The first-order valence-corrected chi connectivity index (χ1v) is 5.86. The molecule has 5 nitrogen and oxygen atoms in total. The highest BCUT2D eigenvalue weighted by Crippen LogP contribution is 2.18. The van der Waals surface area contributed by atoms with E-state index in [1.165, 1.54) is 0 Å². The van der Waals surface area contributed by atoms with Crippen LogP contribution >= 0.6 is 0 Å². The summed E-state index contributed by atoms with van der Waals surface area (Å²) in [6.07, 6.45) is 2.50. The Morgan fingerprint density at radius 1 is 1.50 bits per heavy atom. The number of amides is 2. The van der Waals surface area contributed by atoms with Crippen molar-refractivity contribution < 1.29 is 14.7 Å². The number of hydrogen-bond donors (Lipinski definition) is 2. The second kappa shape index (κ2) is 5.72. The van der Waals surface area contributed by atoms with E-state index in [0.29, 0.717) is 12.3 Å². The molecule has 1 saturated heterocycles. The number of carboxylic acid groups (broad SMARTS) is 1. The third-order valence-corrected chi connectivity index (χ3v) is 3.15. The Morgan fingerprint density at radius 3 is 2.62 bits per heavy atom. The molecule has 2 amide bonds. The minimum absolute atomic E-state index is 0.245. The van der Waals surface area contributed by atoms with E-state index < -0.39 is 12.0 Å². The van der Waals surface area contributed by atoms with Gasteiger partial charge < -0.3 is 15.3 Å². The van der Waals surface area contributed by atoms with Crippen molar-refractivity contribution >= 4 is 12.0 Å². The lowest BCUT2D eigenvalue weighted by Gasteiger charge is -2.20. The Labute approximate surface area is 95.8 Å². The monoisotopic (exact) mass is 228 g/mol. The topological polar surface area (TPSA) is 69.6 Å². The maximum absolute atomic E-state index is 11.7. The van der Waals surface area contributed by atoms with E-state index in [4.69, 9.17) is 5.11 Å². The fraction of sp³-hybridized carbons (Fsp3) is 0.818. The summed E-state index contributed by atoms with van der Waals surface area (Å²) in [7, 11) is 0. The highest BCUT2D eigenvalue weighted by atomic mass is 16.4. The van der Waals surface area contributed by atoms with E-state index in [1.807, 2.05) is 0 Å². The lowest BCUT2D eigenvalue weighted by molar-refractivity contribution is -0.139. The first kappa shape index (κ1) is 12.8. The van der Waals surface area contributed by atoms with Crippen molar-refractivity contribution in [3.8, 4) is 0 Å². The van der Waals surface area contributed by atoms with Gasteiger partial charge in [-0.2, -0.15) is 0 Å². The van der Waals surface area contributed by atoms with Crippen LogP contribution in [0, 0.1) is 5.92 Å². The van der Waals surface area contributed by atoms with Crippen LogP contribution in [0.3, 0.4) is 0 Å². The highest BCUT2D eigenvalue weighted by Gasteiger charge is 2.27. The van der Waals surface area contributed by atoms with Crippen molar-refractivity contribution in [2.24, 2.45) is 5.92 Å². The van der Waals surface area contributed by atoms with Crippen LogP contribution in [-0.2, 0) is 4.79 Å². The summed E-state index contributed by atoms with van der Waals surface area (Å²) in [4.78, 5) is 24.2. The molecule has 0 aromatic rings. The molecule has 1 aliphatic rings. The van der Waals surface area contributed by atoms with Gasteiger partial charge in [0.15, 0.2) is 0 Å². The predicted molar refractivity (Wildman–Crippen MR) is 60.2 cm³/mol. The number of urea groups is 1. The van der Waals surface area contributed by atoms with Crippen molar-refractivity contribution in [2.75, 3.05) is 13.1 Å². The van der Waals surface area contributed by atoms with Gasteiger partial charge in [-0.1, -0.05) is 20.3 Å². The molecule has 0 radical (unpaired) electrons. The van der Waals surface area contributed by atoms with Gasteiger partial charge in [-0.15, -0.1) is 0 Å². The maximum Gasteiger partial charge on any atom is 0.326 e. The Kier molecular flexibility index (Phi) is 4.58. The molecular formula is C11H20N2O3. The zero-order valence-electron chi connectivity index (χ0n) is 9.90. The largest absolute Gasteiger partial charge is 0.480 e. The molecule has 1 rings (SSSR count). The normalized spacial score (nSPS) is 21.9. The second-order valence-corrected chi connectivity index (χ2v) is 4.26. The number of hydrogen-bond acceptors (Lipinski definition) is 2. The average Bonchev–Trinajstić information content (AvgIpc) is 2.73. The summed E-state index contributed by atoms with van der Waals surface area (Å²) < 4.78 is 0. The van der Waals surface area contributed by atoms with Crippen molar-refractivity contribution in [2.45, 2.75) is 39.2 Å². The smallest absolute Gasteiger partial charge is 0.326 e. The summed E-state index contributed by atoms with van der Waals surface area (Å²) in [5, 5.41) is 11.4. The van der Waals surface area contributed by atoms with Crippen molar-refractivity contribution in [1.82, 2.24) is 10.2 Å². The Balaban J connectivity index is 2.43. The number of rotatable bonds is 4. The van der Waals surface area contributed by atoms with Crippen molar-refractivity contribution in [3.05, 3.63) is 0 Å². The Morgan fingerprint density at radius 2 is 2.19 bits per heavy atom. The third-order valence-electron chi connectivity index (χ3n) is 3.15. The van der Waals surface area contributed by atoms with Gasteiger partial charge in [0.25, 0.3) is 0 Å². The number of nitrogens with zero attached hydrogens (tertiary/aromatic N) is 1. The van der Waals surface area contributed by atoms with Crippen LogP contribution in [0.1, 0.15) is 33.1 Å². The molecule has 5 heteroatoms. The molecule has 92 valence electrons. The summed E-state index contributed by atoms with van der Waals surface area (Å²) in [5.74, 6) is -0.405. The van der Waals surface area contributed by atoms with Crippen molar-refractivity contribution in [3.63, 3.8) is 0 Å². The molecule has 0 bridgehead atoms. The molecule has 0 aromatic heterocycles. The first-order chi connectivity index (χ1) is 7.58. The fourth-order valence-corrected chi connectivity index (χ4v) is 1.93. The van der Waals surface area contributed by atoms with Gasteiger partial charge in [0.1, 0.15) is 6.04 Å². The standard InChI is InChI=1S/C11H20N2O3/c1-3-8-5-6-13(7-8)11(16)12-9(4-2)10(14)15/h8-9H,3-7H2,1-2H3,(H,12,16)(H,14,15). The number of nitrogens with one attached hydrogen (secondary N) is 1. The molecule has 0 aromatic carbocycles. The van der Waals surface area contributed by atoms with Crippen LogP contribution in [0.25, 0.3) is 0 Å². The van der Waals surface area contributed by atoms with E-state index in [-0.39, 0.29) is 6.03 Å². The lowest BCUT2D eigenvalue weighted by atomic mass is 10.1. The quantitative estimate of drug-likeness (QED) is 0.761. The van der Waals surface area contributed by atoms with E-state index in [0.717, 1.165) is 25.9 Å². The molecule has 0 aliphatic carbocycles. The third kappa shape index (κ3) is 3.12. The van der Waals surface area contributed by atoms with Gasteiger partial charge in [0.2, 0.25) is 0 Å². The molecule has 2 N–H and O–H groups in total. The van der Waals surface area contributed by atoms with E-state index in [1.54, 1.807) is 11.8 Å². The molecule has 1 aliphatic heterocycles. The first-order valence-electron chi connectivity index (χ1n) is 5.86. The van der Waals surface area contributed by atoms with Gasteiger partial charge >= 0.3 is 12.0 Å². The second-order valence-electron chi connectivity index (χ2n) is 4.26.